The van der Waals surface area contributed by atoms with E-state index in [4.69, 9.17) is 14.6 Å². The highest BCUT2D eigenvalue weighted by Gasteiger charge is 2.32. The maximum absolute atomic E-state index is 12.2. The van der Waals surface area contributed by atoms with Gasteiger partial charge in [-0.15, -0.1) is 0 Å². The van der Waals surface area contributed by atoms with Gasteiger partial charge in [0.25, 0.3) is 0 Å². The minimum absolute atomic E-state index is 0.00448. The summed E-state index contributed by atoms with van der Waals surface area (Å²) in [6.07, 6.45) is 1.44. The number of rotatable bonds is 15. The number of carbonyl (C=O) groups excluding carboxylic acids is 1. The molecule has 1 fully saturated rings. The van der Waals surface area contributed by atoms with Gasteiger partial charge in [-0.05, 0) is 59.3 Å². The van der Waals surface area contributed by atoms with Crippen LogP contribution in [0, 0.1) is 0 Å². The maximum atomic E-state index is 12.2. The van der Waals surface area contributed by atoms with Gasteiger partial charge in [-0.25, -0.2) is 0 Å². The van der Waals surface area contributed by atoms with Gasteiger partial charge in [0, 0.05) is 44.5 Å². The van der Waals surface area contributed by atoms with Gasteiger partial charge in [-0.2, -0.15) is 0 Å². The van der Waals surface area contributed by atoms with E-state index in [0.29, 0.717) is 25.8 Å². The number of amides is 1. The fourth-order valence-electron chi connectivity index (χ4n) is 5.88. The van der Waals surface area contributed by atoms with E-state index in [-0.39, 0.29) is 31.1 Å². The Morgan fingerprint density at radius 3 is 2.21 bits per heavy atom. The molecule has 1 heterocycles. The summed E-state index contributed by atoms with van der Waals surface area (Å²) in [7, 11) is 2.11. The molecule has 0 aromatic heterocycles. The number of nitrogens with zero attached hydrogens (tertiary/aromatic N) is 1. The van der Waals surface area contributed by atoms with E-state index in [2.05, 4.69) is 59.7 Å². The topological polar surface area (TPSA) is 108 Å². The number of benzene rings is 4. The van der Waals surface area contributed by atoms with Crippen molar-refractivity contribution in [2.45, 2.75) is 70.3 Å². The van der Waals surface area contributed by atoms with E-state index < -0.39 is 12.3 Å². The average molecular weight is 637 g/mol. The molecule has 0 aliphatic carbocycles. The Labute approximate surface area is 277 Å². The minimum atomic E-state index is -0.838. The summed E-state index contributed by atoms with van der Waals surface area (Å²) in [5, 5.41) is 21.2. The molecule has 3 N–H and O–H groups in total. The second-order valence-corrected chi connectivity index (χ2v) is 12.2. The Bertz CT molecular complexity index is 1580. The molecule has 1 saturated heterocycles. The molecule has 0 saturated carbocycles. The number of carboxylic acids is 1. The van der Waals surface area contributed by atoms with E-state index in [0.717, 1.165) is 52.9 Å². The molecule has 0 radical (unpaired) electrons. The van der Waals surface area contributed by atoms with Crippen LogP contribution in [0.15, 0.2) is 103 Å². The van der Waals surface area contributed by atoms with Crippen molar-refractivity contribution in [2.24, 2.45) is 0 Å². The van der Waals surface area contributed by atoms with Crippen LogP contribution in [0.1, 0.15) is 72.3 Å². The third-order valence-electron chi connectivity index (χ3n) is 8.40. The summed E-state index contributed by atoms with van der Waals surface area (Å²) in [4.78, 5) is 25.2. The van der Waals surface area contributed by atoms with Crippen LogP contribution in [0.25, 0.3) is 11.1 Å². The van der Waals surface area contributed by atoms with E-state index in [1.807, 2.05) is 60.7 Å². The number of hydrogen-bond donors (Lipinski definition) is 3. The minimum Gasteiger partial charge on any atom is -0.481 e. The van der Waals surface area contributed by atoms with Crippen molar-refractivity contribution in [1.82, 2.24) is 10.2 Å². The van der Waals surface area contributed by atoms with Gasteiger partial charge in [0.05, 0.1) is 18.8 Å². The Morgan fingerprint density at radius 2 is 1.49 bits per heavy atom. The first-order chi connectivity index (χ1) is 22.9. The predicted octanol–water partition coefficient (Wildman–Crippen LogP) is 6.78. The molecule has 1 aliphatic heterocycles. The molecule has 0 spiro atoms. The number of aliphatic hydroxyl groups excluding tert-OH is 1. The van der Waals surface area contributed by atoms with Crippen molar-refractivity contribution in [3.8, 4) is 11.1 Å². The summed E-state index contributed by atoms with van der Waals surface area (Å²) in [5.74, 6) is -0.917. The van der Waals surface area contributed by atoms with Gasteiger partial charge >= 0.3 is 5.97 Å². The highest BCUT2D eigenvalue weighted by Crippen LogP contribution is 2.38. The Kier molecular flexibility index (Phi) is 12.3. The van der Waals surface area contributed by atoms with Crippen LogP contribution < -0.4 is 5.32 Å². The molecule has 8 nitrogen and oxygen atoms in total. The number of hydrogen-bond acceptors (Lipinski definition) is 6. The highest BCUT2D eigenvalue weighted by atomic mass is 16.7. The zero-order valence-electron chi connectivity index (χ0n) is 26.9. The fourth-order valence-corrected chi connectivity index (χ4v) is 5.88. The zero-order valence-corrected chi connectivity index (χ0v) is 26.9. The summed E-state index contributed by atoms with van der Waals surface area (Å²) in [6.45, 7) is 1.99. The number of ether oxygens (including phenoxy) is 2. The molecule has 246 valence electrons. The van der Waals surface area contributed by atoms with Crippen molar-refractivity contribution in [3.63, 3.8) is 0 Å². The fraction of sp³-hybridized carbons (Fsp3) is 0.333. The van der Waals surface area contributed by atoms with E-state index in [1.165, 1.54) is 5.56 Å². The van der Waals surface area contributed by atoms with Gasteiger partial charge in [-0.1, -0.05) is 97.1 Å². The lowest BCUT2D eigenvalue weighted by Crippen LogP contribution is -2.37. The van der Waals surface area contributed by atoms with Crippen LogP contribution in [0.2, 0.25) is 0 Å². The number of likely N-dealkylation sites (N-methyl/N-ethyl adjacent to an activating group) is 1. The van der Waals surface area contributed by atoms with Crippen molar-refractivity contribution < 1.29 is 29.3 Å². The van der Waals surface area contributed by atoms with Gasteiger partial charge in [0.15, 0.2) is 6.29 Å². The van der Waals surface area contributed by atoms with Gasteiger partial charge in [-0.3, -0.25) is 14.5 Å². The lowest BCUT2D eigenvalue weighted by molar-refractivity contribution is -0.252. The Morgan fingerprint density at radius 1 is 0.787 bits per heavy atom. The first-order valence-electron chi connectivity index (χ1n) is 16.3. The number of aliphatic hydroxyl groups is 1. The molecule has 1 aliphatic rings. The van der Waals surface area contributed by atoms with Crippen molar-refractivity contribution in [1.29, 1.82) is 0 Å². The molecule has 4 aromatic carbocycles. The molecule has 47 heavy (non-hydrogen) atoms. The van der Waals surface area contributed by atoms with Crippen LogP contribution in [-0.2, 0) is 38.8 Å². The van der Waals surface area contributed by atoms with Gasteiger partial charge in [0.2, 0.25) is 5.91 Å². The molecule has 4 aromatic rings. The second kappa shape index (κ2) is 17.0. The standard InChI is InChI=1S/C39H44N2O6/c1-41(25-28-8-3-2-4-9-28)26-35-23-36(32-16-14-29(27-42)15-17-32)47-39(46-35)33-20-18-31(19-21-33)34-11-7-10-30(22-34)24-40-37(43)12-5-6-13-38(44)45/h2-4,7-11,14-22,35-36,39,42H,5-6,12-13,23-27H2,1H3,(H,40,43)(H,44,45)/t35-,36+,39+/m0/s1. The lowest BCUT2D eigenvalue weighted by atomic mass is 9.99. The maximum Gasteiger partial charge on any atom is 0.303 e. The van der Waals surface area contributed by atoms with Crippen LogP contribution in [-0.4, -0.2) is 46.7 Å². The second-order valence-electron chi connectivity index (χ2n) is 12.2. The van der Waals surface area contributed by atoms with E-state index in [9.17, 15) is 14.7 Å². The summed E-state index contributed by atoms with van der Waals surface area (Å²) >= 11 is 0. The Hall–Kier alpha value is -4.34. The normalized spacial score (nSPS) is 17.8. The SMILES string of the molecule is CN(Cc1ccccc1)C[C@@H]1C[C@H](c2ccc(CO)cc2)O[C@H](c2ccc(-c3cccc(CNC(=O)CCCCC(=O)O)c3)cc2)O1. The predicted molar refractivity (Wildman–Crippen MR) is 181 cm³/mol. The molecule has 0 unspecified atom stereocenters. The molecule has 0 bridgehead atoms. The third kappa shape index (κ3) is 10.3. The molecule has 8 heteroatoms. The molecule has 5 rings (SSSR count). The molecule has 3 atom stereocenters. The van der Waals surface area contributed by atoms with Crippen LogP contribution in [0.5, 0.6) is 0 Å². The smallest absolute Gasteiger partial charge is 0.303 e. The van der Waals surface area contributed by atoms with Gasteiger partial charge in [0.1, 0.15) is 0 Å². The summed E-state index contributed by atoms with van der Waals surface area (Å²) < 4.78 is 13.1. The molecular weight excluding hydrogens is 592 g/mol. The number of aliphatic carboxylic acids is 1. The monoisotopic (exact) mass is 636 g/mol. The van der Waals surface area contributed by atoms with Gasteiger partial charge < -0.3 is 25.0 Å². The summed E-state index contributed by atoms with van der Waals surface area (Å²) in [6, 6.07) is 34.7. The lowest BCUT2D eigenvalue weighted by Gasteiger charge is -2.38. The third-order valence-corrected chi connectivity index (χ3v) is 8.40. The Balaban J connectivity index is 1.24. The summed E-state index contributed by atoms with van der Waals surface area (Å²) in [5.41, 5.74) is 7.19. The average Bonchev–Trinajstić information content (AvgIpc) is 3.09. The number of unbranched alkanes of at least 4 members (excludes halogenated alkanes) is 1. The molecular formula is C39H44N2O6. The van der Waals surface area contributed by atoms with Crippen LogP contribution >= 0.6 is 0 Å². The number of nitrogens with one attached hydrogen (secondary N) is 1. The van der Waals surface area contributed by atoms with Crippen molar-refractivity contribution in [3.05, 3.63) is 131 Å². The van der Waals surface area contributed by atoms with Crippen LogP contribution in [0.3, 0.4) is 0 Å². The van der Waals surface area contributed by atoms with Crippen molar-refractivity contribution >= 4 is 11.9 Å². The largest absolute Gasteiger partial charge is 0.481 e. The van der Waals surface area contributed by atoms with Crippen LogP contribution in [0.4, 0.5) is 0 Å². The number of carboxylic acid groups (broad SMARTS) is 1. The van der Waals surface area contributed by atoms with E-state index >= 15 is 0 Å². The number of carbonyl (C=O) groups is 2. The first kappa shape index (κ1) is 34.0. The quantitative estimate of drug-likeness (QED) is 0.123. The zero-order chi connectivity index (χ0) is 33.0. The first-order valence-corrected chi connectivity index (χ1v) is 16.3. The highest BCUT2D eigenvalue weighted by molar-refractivity contribution is 5.76. The van der Waals surface area contributed by atoms with E-state index in [1.54, 1.807) is 0 Å². The molecule has 1 amide bonds. The van der Waals surface area contributed by atoms with Crippen molar-refractivity contribution in [2.75, 3.05) is 13.6 Å².